The number of hydrogen-bond donors (Lipinski definition) is 2. The third-order valence-corrected chi connectivity index (χ3v) is 2.53. The second-order valence-electron chi connectivity index (χ2n) is 3.69. The van der Waals surface area contributed by atoms with Crippen LogP contribution in [-0.4, -0.2) is 22.6 Å². The summed E-state index contributed by atoms with van der Waals surface area (Å²) in [6.07, 6.45) is 1.21. The molecular weight excluding hydrogens is 212 g/mol. The molecule has 0 saturated heterocycles. The molecule has 0 bridgehead atoms. The maximum absolute atomic E-state index is 11.2. The van der Waals surface area contributed by atoms with Crippen molar-refractivity contribution in [3.05, 3.63) is 5.01 Å². The molecule has 0 radical (unpaired) electrons. The zero-order valence-corrected chi connectivity index (χ0v) is 9.80. The van der Waals surface area contributed by atoms with Crippen LogP contribution in [0.4, 0.5) is 5.13 Å². The Labute approximate surface area is 93.1 Å². The Hall–Kier alpha value is -1.01. The van der Waals surface area contributed by atoms with E-state index < -0.39 is 0 Å². The van der Waals surface area contributed by atoms with Crippen molar-refractivity contribution in [3.63, 3.8) is 0 Å². The van der Waals surface area contributed by atoms with Gasteiger partial charge in [-0.15, -0.1) is 10.2 Å². The van der Waals surface area contributed by atoms with Gasteiger partial charge in [-0.1, -0.05) is 25.2 Å². The van der Waals surface area contributed by atoms with E-state index >= 15 is 0 Å². The highest BCUT2D eigenvalue weighted by Crippen LogP contribution is 2.18. The van der Waals surface area contributed by atoms with Crippen molar-refractivity contribution in [2.75, 3.05) is 11.9 Å². The van der Waals surface area contributed by atoms with E-state index in [0.717, 1.165) is 11.4 Å². The molecule has 6 heteroatoms. The fourth-order valence-electron chi connectivity index (χ4n) is 1.05. The highest BCUT2D eigenvalue weighted by Gasteiger charge is 2.08. The monoisotopic (exact) mass is 228 g/mol. The van der Waals surface area contributed by atoms with Gasteiger partial charge in [0.1, 0.15) is 5.01 Å². The normalized spacial score (nSPS) is 10.7. The molecule has 1 aromatic rings. The fourth-order valence-corrected chi connectivity index (χ4v) is 2.02. The van der Waals surface area contributed by atoms with Crippen LogP contribution in [0.1, 0.15) is 25.3 Å². The number of carbonyl (C=O) groups excluding carboxylic acids is 1. The van der Waals surface area contributed by atoms with E-state index in [0.29, 0.717) is 24.0 Å². The van der Waals surface area contributed by atoms with Crippen molar-refractivity contribution in [1.82, 2.24) is 10.2 Å². The molecule has 0 aliphatic rings. The van der Waals surface area contributed by atoms with E-state index in [-0.39, 0.29) is 5.91 Å². The molecule has 0 atom stereocenters. The van der Waals surface area contributed by atoms with Gasteiger partial charge in [0.15, 0.2) is 0 Å². The van der Waals surface area contributed by atoms with Crippen LogP contribution in [0.2, 0.25) is 0 Å². The SMILES string of the molecule is CC(C)Cc1nnc(NC(=O)CCN)s1. The van der Waals surface area contributed by atoms with Crippen LogP contribution in [-0.2, 0) is 11.2 Å². The van der Waals surface area contributed by atoms with Crippen molar-refractivity contribution >= 4 is 22.4 Å². The summed E-state index contributed by atoms with van der Waals surface area (Å²) >= 11 is 1.42. The third kappa shape index (κ3) is 4.35. The molecule has 1 aromatic heterocycles. The van der Waals surface area contributed by atoms with E-state index in [2.05, 4.69) is 29.4 Å². The number of amides is 1. The molecule has 1 heterocycles. The lowest BCUT2D eigenvalue weighted by Crippen LogP contribution is -2.15. The lowest BCUT2D eigenvalue weighted by Gasteiger charge is -1.98. The summed E-state index contributed by atoms with van der Waals surface area (Å²) in [4.78, 5) is 11.2. The number of nitrogens with two attached hydrogens (primary N) is 1. The van der Waals surface area contributed by atoms with Crippen molar-refractivity contribution < 1.29 is 4.79 Å². The molecule has 15 heavy (non-hydrogen) atoms. The Morgan fingerprint density at radius 2 is 2.27 bits per heavy atom. The number of nitrogens with zero attached hydrogens (tertiary/aromatic N) is 2. The zero-order valence-electron chi connectivity index (χ0n) is 8.99. The summed E-state index contributed by atoms with van der Waals surface area (Å²) in [5.74, 6) is 0.440. The molecule has 0 unspecified atom stereocenters. The quantitative estimate of drug-likeness (QED) is 0.788. The minimum atomic E-state index is -0.107. The molecule has 1 rings (SSSR count). The molecule has 1 amide bonds. The Morgan fingerprint density at radius 1 is 1.53 bits per heavy atom. The van der Waals surface area contributed by atoms with Crippen molar-refractivity contribution in [2.24, 2.45) is 11.7 Å². The van der Waals surface area contributed by atoms with Gasteiger partial charge in [-0.05, 0) is 5.92 Å². The van der Waals surface area contributed by atoms with Gasteiger partial charge >= 0.3 is 0 Å². The van der Waals surface area contributed by atoms with Crippen LogP contribution in [0.5, 0.6) is 0 Å². The zero-order chi connectivity index (χ0) is 11.3. The Kier molecular flexibility index (Phi) is 4.64. The number of aromatic nitrogens is 2. The third-order valence-electron chi connectivity index (χ3n) is 1.67. The van der Waals surface area contributed by atoms with E-state index in [9.17, 15) is 4.79 Å². The average Bonchev–Trinajstić information content (AvgIpc) is 2.51. The number of carbonyl (C=O) groups is 1. The van der Waals surface area contributed by atoms with E-state index in [1.54, 1.807) is 0 Å². The summed E-state index contributed by atoms with van der Waals surface area (Å²) in [5, 5.41) is 12.1. The van der Waals surface area contributed by atoms with Crippen molar-refractivity contribution in [1.29, 1.82) is 0 Å². The van der Waals surface area contributed by atoms with Crippen LogP contribution in [0.15, 0.2) is 0 Å². The molecule has 0 spiro atoms. The Morgan fingerprint density at radius 3 is 2.87 bits per heavy atom. The Balaban J connectivity index is 2.49. The van der Waals surface area contributed by atoms with Gasteiger partial charge in [-0.2, -0.15) is 0 Å². The predicted octanol–water partition coefficient (Wildman–Crippen LogP) is 1.02. The average molecular weight is 228 g/mol. The smallest absolute Gasteiger partial charge is 0.227 e. The fraction of sp³-hybridized carbons (Fsp3) is 0.667. The summed E-state index contributed by atoms with van der Waals surface area (Å²) in [6, 6.07) is 0. The highest BCUT2D eigenvalue weighted by molar-refractivity contribution is 7.15. The summed E-state index contributed by atoms with van der Waals surface area (Å²) in [7, 11) is 0. The van der Waals surface area contributed by atoms with Crippen LogP contribution in [0, 0.1) is 5.92 Å². The van der Waals surface area contributed by atoms with Gasteiger partial charge in [0.2, 0.25) is 11.0 Å². The second kappa shape index (κ2) is 5.77. The van der Waals surface area contributed by atoms with Crippen molar-refractivity contribution in [2.45, 2.75) is 26.7 Å². The van der Waals surface area contributed by atoms with Crippen LogP contribution in [0.25, 0.3) is 0 Å². The molecule has 3 N–H and O–H groups in total. The lowest BCUT2D eigenvalue weighted by atomic mass is 10.1. The largest absolute Gasteiger partial charge is 0.330 e. The van der Waals surface area contributed by atoms with E-state index in [1.807, 2.05) is 0 Å². The number of nitrogens with one attached hydrogen (secondary N) is 1. The first-order chi connectivity index (χ1) is 7.11. The van der Waals surface area contributed by atoms with Crippen LogP contribution >= 0.6 is 11.3 Å². The summed E-state index contributed by atoms with van der Waals surface area (Å²) in [6.45, 7) is 4.59. The molecule has 0 fully saturated rings. The van der Waals surface area contributed by atoms with Gasteiger partial charge in [0, 0.05) is 19.4 Å². The molecule has 0 aromatic carbocycles. The first kappa shape index (κ1) is 12.1. The van der Waals surface area contributed by atoms with Gasteiger partial charge in [-0.3, -0.25) is 4.79 Å². The standard InChI is InChI=1S/C9H16N4OS/c1-6(2)5-8-12-13-9(15-8)11-7(14)3-4-10/h6H,3-5,10H2,1-2H3,(H,11,13,14). The van der Waals surface area contributed by atoms with Crippen LogP contribution < -0.4 is 11.1 Å². The molecule has 5 nitrogen and oxygen atoms in total. The predicted molar refractivity (Wildman–Crippen MR) is 60.8 cm³/mol. The van der Waals surface area contributed by atoms with Crippen LogP contribution in [0.3, 0.4) is 0 Å². The Bertz CT molecular complexity index is 324. The number of hydrogen-bond acceptors (Lipinski definition) is 5. The first-order valence-electron chi connectivity index (χ1n) is 4.94. The highest BCUT2D eigenvalue weighted by atomic mass is 32.1. The van der Waals surface area contributed by atoms with E-state index in [4.69, 9.17) is 5.73 Å². The lowest BCUT2D eigenvalue weighted by molar-refractivity contribution is -0.116. The maximum Gasteiger partial charge on any atom is 0.227 e. The number of anilines is 1. The summed E-state index contributed by atoms with van der Waals surface area (Å²) in [5.41, 5.74) is 5.26. The number of rotatable bonds is 5. The van der Waals surface area contributed by atoms with E-state index in [1.165, 1.54) is 11.3 Å². The van der Waals surface area contributed by atoms with Gasteiger partial charge < -0.3 is 11.1 Å². The molecule has 84 valence electrons. The molecule has 0 aliphatic carbocycles. The maximum atomic E-state index is 11.2. The minimum absolute atomic E-state index is 0.107. The summed E-state index contributed by atoms with van der Waals surface area (Å²) < 4.78 is 0. The molecule has 0 saturated carbocycles. The van der Waals surface area contributed by atoms with Crippen molar-refractivity contribution in [3.8, 4) is 0 Å². The topological polar surface area (TPSA) is 80.9 Å². The van der Waals surface area contributed by atoms with Gasteiger partial charge in [-0.25, -0.2) is 0 Å². The molecule has 0 aliphatic heterocycles. The minimum Gasteiger partial charge on any atom is -0.330 e. The van der Waals surface area contributed by atoms with Gasteiger partial charge in [0.05, 0.1) is 0 Å². The van der Waals surface area contributed by atoms with Gasteiger partial charge in [0.25, 0.3) is 0 Å². The molecular formula is C9H16N4OS. The first-order valence-corrected chi connectivity index (χ1v) is 5.75. The second-order valence-corrected chi connectivity index (χ2v) is 4.75.